The zero-order valence-corrected chi connectivity index (χ0v) is 18.3. The Labute approximate surface area is 182 Å². The molecule has 30 heavy (non-hydrogen) atoms. The number of hydrogen-bond acceptors (Lipinski definition) is 6. The zero-order valence-electron chi connectivity index (χ0n) is 17.5. The molecular formula is C22H31N3O4S. The summed E-state index contributed by atoms with van der Waals surface area (Å²) in [5.41, 5.74) is 1.71. The fraction of sp³-hybridized carbons (Fsp3) is 0.636. The highest BCUT2D eigenvalue weighted by Crippen LogP contribution is 2.32. The highest BCUT2D eigenvalue weighted by molar-refractivity contribution is 8.00. The summed E-state index contributed by atoms with van der Waals surface area (Å²) in [6, 6.07) is 6.00. The molecule has 0 aliphatic carbocycles. The average Bonchev–Trinajstić information content (AvgIpc) is 3.16. The van der Waals surface area contributed by atoms with Crippen molar-refractivity contribution in [2.75, 3.05) is 51.0 Å². The summed E-state index contributed by atoms with van der Waals surface area (Å²) in [5.74, 6) is 0.928. The molecule has 0 aromatic heterocycles. The number of anilines is 1. The molecule has 7 nitrogen and oxygen atoms in total. The van der Waals surface area contributed by atoms with Gasteiger partial charge in [0.15, 0.2) is 0 Å². The van der Waals surface area contributed by atoms with Gasteiger partial charge in [-0.1, -0.05) is 6.07 Å². The van der Waals surface area contributed by atoms with Gasteiger partial charge in [0.2, 0.25) is 11.8 Å². The van der Waals surface area contributed by atoms with E-state index in [-0.39, 0.29) is 24.0 Å². The van der Waals surface area contributed by atoms with Crippen LogP contribution < -0.4 is 5.32 Å². The second-order valence-corrected chi connectivity index (χ2v) is 9.59. The number of carbonyl (C=O) groups is 2. The Kier molecular flexibility index (Phi) is 6.98. The molecular weight excluding hydrogens is 402 g/mol. The normalized spacial score (nSPS) is 23.7. The molecule has 1 aromatic rings. The lowest BCUT2D eigenvalue weighted by atomic mass is 9.90. The van der Waals surface area contributed by atoms with E-state index in [0.717, 1.165) is 61.7 Å². The third-order valence-corrected chi connectivity index (χ3v) is 7.50. The van der Waals surface area contributed by atoms with Crippen LogP contribution >= 0.6 is 11.8 Å². The number of hydrogen-bond donors (Lipinski definition) is 2. The molecule has 1 aromatic carbocycles. The van der Waals surface area contributed by atoms with Crippen molar-refractivity contribution in [3.8, 4) is 0 Å². The van der Waals surface area contributed by atoms with E-state index in [0.29, 0.717) is 24.6 Å². The minimum atomic E-state index is -0.259. The fourth-order valence-corrected chi connectivity index (χ4v) is 5.44. The maximum absolute atomic E-state index is 13.2. The lowest BCUT2D eigenvalue weighted by molar-refractivity contribution is -0.133. The van der Waals surface area contributed by atoms with Gasteiger partial charge in [-0.15, -0.1) is 11.8 Å². The van der Waals surface area contributed by atoms with Gasteiger partial charge < -0.3 is 20.1 Å². The van der Waals surface area contributed by atoms with E-state index in [4.69, 9.17) is 4.74 Å². The molecule has 3 aliphatic rings. The van der Waals surface area contributed by atoms with Gasteiger partial charge in [-0.05, 0) is 42.9 Å². The molecule has 2 saturated heterocycles. The number of thioether (sulfide) groups is 1. The van der Waals surface area contributed by atoms with Gasteiger partial charge in [-0.2, -0.15) is 0 Å². The number of aliphatic hydroxyl groups excluding tert-OH is 1. The Morgan fingerprint density at radius 3 is 2.90 bits per heavy atom. The predicted molar refractivity (Wildman–Crippen MR) is 117 cm³/mol. The van der Waals surface area contributed by atoms with Crippen molar-refractivity contribution in [3.05, 3.63) is 23.8 Å². The first-order valence-electron chi connectivity index (χ1n) is 10.8. The molecule has 8 heteroatoms. The number of β-amino-alcohol motifs (C(OH)–C–C–N with tert-alkyl or cyclic N) is 1. The Morgan fingerprint density at radius 2 is 2.17 bits per heavy atom. The van der Waals surface area contributed by atoms with Crippen LogP contribution in [0.2, 0.25) is 0 Å². The van der Waals surface area contributed by atoms with Gasteiger partial charge in [0.1, 0.15) is 0 Å². The van der Waals surface area contributed by atoms with Crippen molar-refractivity contribution in [2.24, 2.45) is 5.92 Å². The maximum atomic E-state index is 13.2. The minimum absolute atomic E-state index is 0.000441. The molecule has 164 valence electrons. The Balaban J connectivity index is 1.44. The largest absolute Gasteiger partial charge is 0.392 e. The van der Waals surface area contributed by atoms with Crippen LogP contribution in [0.5, 0.6) is 0 Å². The van der Waals surface area contributed by atoms with E-state index in [1.54, 1.807) is 0 Å². The number of fused-ring (bicyclic) bond motifs is 1. The summed E-state index contributed by atoms with van der Waals surface area (Å²) in [6.45, 7) is 3.85. The first-order chi connectivity index (χ1) is 14.5. The standard InChI is InChI=1S/C22H31N3O4S/c1-24(19(16-5-8-29-9-6-16)13-25-7-4-17(26)12-25)22(28)11-15-2-3-20-18(10-15)23-21(27)14-30-20/h2-3,10,16-17,19,26H,4-9,11-14H2,1H3,(H,23,27)/t17-,19?/m0/s1. The first-order valence-corrected chi connectivity index (χ1v) is 11.8. The third kappa shape index (κ3) is 5.17. The Morgan fingerprint density at radius 1 is 1.37 bits per heavy atom. The van der Waals surface area contributed by atoms with Gasteiger partial charge in [0.05, 0.1) is 24.0 Å². The molecule has 2 fully saturated rings. The zero-order chi connectivity index (χ0) is 21.1. The number of amides is 2. The fourth-order valence-electron chi connectivity index (χ4n) is 4.66. The summed E-state index contributed by atoms with van der Waals surface area (Å²) >= 11 is 1.53. The molecule has 2 amide bonds. The number of likely N-dealkylation sites (tertiary alicyclic amines) is 1. The number of likely N-dealkylation sites (N-methyl/N-ethyl adjacent to an activating group) is 1. The topological polar surface area (TPSA) is 82.1 Å². The predicted octanol–water partition coefficient (Wildman–Crippen LogP) is 1.59. The van der Waals surface area contributed by atoms with Crippen molar-refractivity contribution in [1.29, 1.82) is 0 Å². The second-order valence-electron chi connectivity index (χ2n) is 8.57. The highest BCUT2D eigenvalue weighted by Gasteiger charge is 2.33. The highest BCUT2D eigenvalue weighted by atomic mass is 32.2. The van der Waals surface area contributed by atoms with Gasteiger partial charge >= 0.3 is 0 Å². The van der Waals surface area contributed by atoms with E-state index in [9.17, 15) is 14.7 Å². The van der Waals surface area contributed by atoms with Crippen LogP contribution in [-0.2, 0) is 20.7 Å². The van der Waals surface area contributed by atoms with Gasteiger partial charge in [0, 0.05) is 50.8 Å². The van der Waals surface area contributed by atoms with E-state index in [1.807, 2.05) is 30.1 Å². The average molecular weight is 434 g/mol. The number of aliphatic hydroxyl groups is 1. The first kappa shape index (κ1) is 21.6. The molecule has 3 aliphatic heterocycles. The van der Waals surface area contributed by atoms with Crippen molar-refractivity contribution in [1.82, 2.24) is 9.80 Å². The molecule has 4 rings (SSSR count). The Bertz CT molecular complexity index is 784. The van der Waals surface area contributed by atoms with Crippen LogP contribution in [0.3, 0.4) is 0 Å². The van der Waals surface area contributed by atoms with Gasteiger partial charge in [0.25, 0.3) is 0 Å². The summed E-state index contributed by atoms with van der Waals surface area (Å²) in [5, 5.41) is 12.8. The number of nitrogens with zero attached hydrogens (tertiary/aromatic N) is 2. The van der Waals surface area contributed by atoms with E-state index >= 15 is 0 Å². The van der Waals surface area contributed by atoms with Crippen molar-refractivity contribution >= 4 is 29.3 Å². The van der Waals surface area contributed by atoms with Crippen LogP contribution in [0, 0.1) is 5.92 Å². The molecule has 2 N–H and O–H groups in total. The second kappa shape index (κ2) is 9.68. The molecule has 1 unspecified atom stereocenters. The van der Waals surface area contributed by atoms with Crippen LogP contribution in [0.4, 0.5) is 5.69 Å². The number of rotatable bonds is 6. The van der Waals surface area contributed by atoms with Gasteiger partial charge in [-0.25, -0.2) is 0 Å². The minimum Gasteiger partial charge on any atom is -0.392 e. The van der Waals surface area contributed by atoms with Crippen LogP contribution in [-0.4, -0.2) is 84.5 Å². The van der Waals surface area contributed by atoms with Crippen LogP contribution in [0.1, 0.15) is 24.8 Å². The van der Waals surface area contributed by atoms with Crippen molar-refractivity contribution in [3.63, 3.8) is 0 Å². The number of benzene rings is 1. The number of carbonyl (C=O) groups excluding carboxylic acids is 2. The van der Waals surface area contributed by atoms with E-state index < -0.39 is 0 Å². The number of nitrogens with one attached hydrogen (secondary N) is 1. The Hall–Kier alpha value is -1.61. The molecule has 0 bridgehead atoms. The van der Waals surface area contributed by atoms with E-state index in [2.05, 4.69) is 10.2 Å². The van der Waals surface area contributed by atoms with Crippen molar-refractivity contribution in [2.45, 2.75) is 42.7 Å². The maximum Gasteiger partial charge on any atom is 0.234 e. The summed E-state index contributed by atoms with van der Waals surface area (Å²) < 4.78 is 5.54. The van der Waals surface area contributed by atoms with E-state index in [1.165, 1.54) is 11.8 Å². The molecule has 3 heterocycles. The number of ether oxygens (including phenoxy) is 1. The lowest BCUT2D eigenvalue weighted by Crippen LogP contribution is -2.50. The quantitative estimate of drug-likeness (QED) is 0.709. The SMILES string of the molecule is CN(C(=O)Cc1ccc2c(c1)NC(=O)CS2)C(CN1CC[C@H](O)C1)C1CCOCC1. The summed E-state index contributed by atoms with van der Waals surface area (Å²) in [7, 11) is 1.91. The summed E-state index contributed by atoms with van der Waals surface area (Å²) in [4.78, 5) is 30.1. The summed E-state index contributed by atoms with van der Waals surface area (Å²) in [6.07, 6.45) is 2.77. The van der Waals surface area contributed by atoms with Crippen LogP contribution in [0.15, 0.2) is 23.1 Å². The van der Waals surface area contributed by atoms with Crippen LogP contribution in [0.25, 0.3) is 0 Å². The molecule has 0 saturated carbocycles. The van der Waals surface area contributed by atoms with Crippen molar-refractivity contribution < 1.29 is 19.4 Å². The smallest absolute Gasteiger partial charge is 0.234 e. The lowest BCUT2D eigenvalue weighted by Gasteiger charge is -2.39. The third-order valence-electron chi connectivity index (χ3n) is 6.43. The monoisotopic (exact) mass is 433 g/mol. The van der Waals surface area contributed by atoms with Gasteiger partial charge in [-0.3, -0.25) is 14.5 Å². The molecule has 2 atom stereocenters. The molecule has 0 radical (unpaired) electrons. The molecule has 0 spiro atoms.